The smallest absolute Gasteiger partial charge is 0.329 e. The lowest BCUT2D eigenvalue weighted by atomic mass is 10.0. The quantitative estimate of drug-likeness (QED) is 0.455. The van der Waals surface area contributed by atoms with Gasteiger partial charge in [0.15, 0.2) is 5.75 Å². The van der Waals surface area contributed by atoms with E-state index >= 15 is 0 Å². The lowest BCUT2D eigenvalue weighted by Crippen LogP contribution is -2.54. The third kappa shape index (κ3) is 4.40. The maximum absolute atomic E-state index is 11.8. The highest BCUT2D eigenvalue weighted by Crippen LogP contribution is 2.30. The van der Waals surface area contributed by atoms with E-state index in [0.29, 0.717) is 11.0 Å². The number of likely N-dealkylation sites (N-methyl/N-ethyl adjacent to an activating group) is 1. The normalized spacial score (nSPS) is 13.3. The molecule has 7 nitrogen and oxygen atoms in total. The number of carbonyl (C=O) groups excluding carboxylic acids is 1. The molecule has 1 unspecified atom stereocenters. The molecule has 0 bridgehead atoms. The predicted molar refractivity (Wildman–Crippen MR) is 80.4 cm³/mol. The van der Waals surface area contributed by atoms with Crippen molar-refractivity contribution in [2.45, 2.75) is 19.4 Å². The van der Waals surface area contributed by atoms with Gasteiger partial charge in [0.1, 0.15) is 12.1 Å². The van der Waals surface area contributed by atoms with Gasteiger partial charge in [0.05, 0.1) is 12.0 Å². The first-order valence-corrected chi connectivity index (χ1v) is 7.03. The van der Waals surface area contributed by atoms with Crippen LogP contribution in [0.1, 0.15) is 13.8 Å². The molecule has 0 aliphatic heterocycles. The molecule has 1 rings (SSSR count). The van der Waals surface area contributed by atoms with E-state index in [-0.39, 0.29) is 18.0 Å². The van der Waals surface area contributed by atoms with Crippen molar-refractivity contribution in [1.29, 1.82) is 0 Å². The average molecular weight is 361 g/mol. The average Bonchev–Trinajstić information content (AvgIpc) is 2.45. The molecule has 0 aromatic heterocycles. The van der Waals surface area contributed by atoms with Crippen molar-refractivity contribution in [3.63, 3.8) is 0 Å². The van der Waals surface area contributed by atoms with Gasteiger partial charge in [0, 0.05) is 10.5 Å². The topological polar surface area (TPSA) is 90.7 Å². The van der Waals surface area contributed by atoms with Crippen molar-refractivity contribution >= 4 is 27.6 Å². The minimum absolute atomic E-state index is 0.0873. The number of hydrogen-bond acceptors (Lipinski definition) is 6. The summed E-state index contributed by atoms with van der Waals surface area (Å²) in [5, 5.41) is 14.0. The molecule has 1 atom stereocenters. The number of ether oxygens (including phenoxy) is 2. The SMILES string of the molecule is CCNC(C)(COc1ccc(Br)cc1[N+](=O)[O-])C(=O)OC. The van der Waals surface area contributed by atoms with E-state index in [2.05, 4.69) is 21.2 Å². The van der Waals surface area contributed by atoms with E-state index in [9.17, 15) is 14.9 Å². The molecule has 21 heavy (non-hydrogen) atoms. The molecule has 0 saturated carbocycles. The molecular formula is C13H17BrN2O5. The van der Waals surface area contributed by atoms with Gasteiger partial charge in [-0.25, -0.2) is 4.79 Å². The number of carbonyl (C=O) groups is 1. The van der Waals surface area contributed by atoms with Crippen LogP contribution in [0.15, 0.2) is 22.7 Å². The maximum atomic E-state index is 11.8. The molecule has 1 aromatic rings. The molecule has 116 valence electrons. The molecular weight excluding hydrogens is 344 g/mol. The van der Waals surface area contributed by atoms with E-state index in [1.807, 2.05) is 6.92 Å². The van der Waals surface area contributed by atoms with Gasteiger partial charge in [-0.3, -0.25) is 15.4 Å². The second-order valence-corrected chi connectivity index (χ2v) is 5.43. The number of nitro groups is 1. The molecule has 0 spiro atoms. The summed E-state index contributed by atoms with van der Waals surface area (Å²) in [6.07, 6.45) is 0. The fourth-order valence-electron chi connectivity index (χ4n) is 1.77. The van der Waals surface area contributed by atoms with E-state index in [0.717, 1.165) is 0 Å². The van der Waals surface area contributed by atoms with Gasteiger partial charge in [-0.15, -0.1) is 0 Å². The second-order valence-electron chi connectivity index (χ2n) is 4.51. The zero-order valence-electron chi connectivity index (χ0n) is 12.0. The number of esters is 1. The molecule has 0 heterocycles. The van der Waals surface area contributed by atoms with Crippen molar-refractivity contribution in [2.75, 3.05) is 20.3 Å². The second kappa shape index (κ2) is 7.37. The minimum atomic E-state index is -1.08. The van der Waals surface area contributed by atoms with Crippen LogP contribution in [0, 0.1) is 10.1 Å². The molecule has 0 amide bonds. The van der Waals surface area contributed by atoms with Crippen molar-refractivity contribution in [3.05, 3.63) is 32.8 Å². The lowest BCUT2D eigenvalue weighted by molar-refractivity contribution is -0.386. The summed E-state index contributed by atoms with van der Waals surface area (Å²) in [5.41, 5.74) is -1.25. The third-order valence-corrected chi connectivity index (χ3v) is 3.33. The number of methoxy groups -OCH3 is 1. The zero-order valence-corrected chi connectivity index (χ0v) is 13.6. The molecule has 0 fully saturated rings. The standard InChI is InChI=1S/C13H17BrN2O5/c1-4-15-13(2,12(17)20-3)8-21-11-6-5-9(14)7-10(11)16(18)19/h5-7,15H,4,8H2,1-3H3. The van der Waals surface area contributed by atoms with Gasteiger partial charge in [-0.2, -0.15) is 0 Å². The Morgan fingerprint density at radius 1 is 1.52 bits per heavy atom. The molecule has 0 aliphatic rings. The molecule has 1 N–H and O–H groups in total. The van der Waals surface area contributed by atoms with Gasteiger partial charge in [-0.1, -0.05) is 22.9 Å². The van der Waals surface area contributed by atoms with E-state index in [1.54, 1.807) is 13.0 Å². The third-order valence-electron chi connectivity index (χ3n) is 2.84. The van der Waals surface area contributed by atoms with Crippen molar-refractivity contribution in [3.8, 4) is 5.75 Å². The number of benzene rings is 1. The zero-order chi connectivity index (χ0) is 16.0. The summed E-state index contributed by atoms with van der Waals surface area (Å²) >= 11 is 3.17. The molecule has 0 saturated heterocycles. The van der Waals surface area contributed by atoms with Crippen molar-refractivity contribution in [2.24, 2.45) is 0 Å². The Morgan fingerprint density at radius 2 is 2.19 bits per heavy atom. The first-order valence-electron chi connectivity index (χ1n) is 6.24. The highest BCUT2D eigenvalue weighted by Gasteiger charge is 2.35. The number of nitrogens with zero attached hydrogens (tertiary/aromatic N) is 1. The van der Waals surface area contributed by atoms with Crippen LogP contribution in [-0.4, -0.2) is 36.7 Å². The fourth-order valence-corrected chi connectivity index (χ4v) is 2.12. The summed E-state index contributed by atoms with van der Waals surface area (Å²) in [6.45, 7) is 3.89. The Balaban J connectivity index is 2.95. The molecule has 0 radical (unpaired) electrons. The van der Waals surface area contributed by atoms with Crippen LogP contribution >= 0.6 is 15.9 Å². The minimum Gasteiger partial charge on any atom is -0.484 e. The van der Waals surface area contributed by atoms with Gasteiger partial charge in [0.2, 0.25) is 0 Å². The van der Waals surface area contributed by atoms with E-state index in [1.165, 1.54) is 19.2 Å². The number of hydrogen-bond donors (Lipinski definition) is 1. The molecule has 0 aliphatic carbocycles. The van der Waals surface area contributed by atoms with E-state index in [4.69, 9.17) is 9.47 Å². The Hall–Kier alpha value is -1.67. The Morgan fingerprint density at radius 3 is 2.71 bits per heavy atom. The van der Waals surface area contributed by atoms with Crippen LogP contribution < -0.4 is 10.1 Å². The maximum Gasteiger partial charge on any atom is 0.329 e. The van der Waals surface area contributed by atoms with Crippen LogP contribution in [0.5, 0.6) is 5.75 Å². The van der Waals surface area contributed by atoms with Gasteiger partial charge in [0.25, 0.3) is 0 Å². The highest BCUT2D eigenvalue weighted by atomic mass is 79.9. The van der Waals surface area contributed by atoms with Crippen molar-refractivity contribution < 1.29 is 19.2 Å². The predicted octanol–water partition coefficient (Wildman–Crippen LogP) is 2.28. The largest absolute Gasteiger partial charge is 0.484 e. The Kier molecular flexibility index (Phi) is 6.10. The molecule has 8 heteroatoms. The number of rotatable bonds is 7. The summed E-state index contributed by atoms with van der Waals surface area (Å²) in [5.74, 6) is -0.402. The molecule has 1 aromatic carbocycles. The van der Waals surface area contributed by atoms with Crippen LogP contribution in [0.4, 0.5) is 5.69 Å². The lowest BCUT2D eigenvalue weighted by Gasteiger charge is -2.27. The Labute approximate surface area is 130 Å². The summed E-state index contributed by atoms with van der Waals surface area (Å²) in [4.78, 5) is 22.3. The van der Waals surface area contributed by atoms with Gasteiger partial charge >= 0.3 is 11.7 Å². The van der Waals surface area contributed by atoms with Crippen LogP contribution in [-0.2, 0) is 9.53 Å². The number of nitro benzene ring substituents is 1. The van der Waals surface area contributed by atoms with Crippen LogP contribution in [0.3, 0.4) is 0 Å². The monoisotopic (exact) mass is 360 g/mol. The van der Waals surface area contributed by atoms with Crippen LogP contribution in [0.25, 0.3) is 0 Å². The Bertz CT molecular complexity index is 537. The van der Waals surface area contributed by atoms with Gasteiger partial charge < -0.3 is 9.47 Å². The van der Waals surface area contributed by atoms with Crippen LogP contribution in [0.2, 0.25) is 0 Å². The highest BCUT2D eigenvalue weighted by molar-refractivity contribution is 9.10. The first kappa shape index (κ1) is 17.4. The van der Waals surface area contributed by atoms with E-state index < -0.39 is 16.4 Å². The summed E-state index contributed by atoms with van der Waals surface area (Å²) < 4.78 is 10.8. The fraction of sp³-hybridized carbons (Fsp3) is 0.462. The van der Waals surface area contributed by atoms with Crippen molar-refractivity contribution in [1.82, 2.24) is 5.32 Å². The summed E-state index contributed by atoms with van der Waals surface area (Å²) in [6, 6.07) is 4.45. The number of halogens is 1. The first-order chi connectivity index (χ1) is 9.84. The van der Waals surface area contributed by atoms with Gasteiger partial charge in [-0.05, 0) is 25.6 Å². The summed E-state index contributed by atoms with van der Waals surface area (Å²) in [7, 11) is 1.28. The number of nitrogens with one attached hydrogen (secondary N) is 1.